The summed E-state index contributed by atoms with van der Waals surface area (Å²) in [7, 11) is 0. The summed E-state index contributed by atoms with van der Waals surface area (Å²) >= 11 is 1.33. The van der Waals surface area contributed by atoms with Gasteiger partial charge in [0, 0.05) is 5.75 Å². The van der Waals surface area contributed by atoms with E-state index in [4.69, 9.17) is 5.11 Å². The Morgan fingerprint density at radius 2 is 2.25 bits per heavy atom. The van der Waals surface area contributed by atoms with E-state index in [9.17, 15) is 4.79 Å². The fourth-order valence-corrected chi connectivity index (χ4v) is 1.95. The molecule has 1 heterocycles. The summed E-state index contributed by atoms with van der Waals surface area (Å²) in [6.07, 6.45) is 0. The number of thioether (sulfide) groups is 1. The number of hydrogen-bond donors (Lipinski definition) is 2. The van der Waals surface area contributed by atoms with Gasteiger partial charge < -0.3 is 5.11 Å². The quantitative estimate of drug-likeness (QED) is 0.775. The fourth-order valence-electron chi connectivity index (χ4n) is 1.21. The zero-order valence-corrected chi connectivity index (χ0v) is 8.94. The normalized spacial score (nSPS) is 10.2. The average Bonchev–Trinajstić information content (AvgIpc) is 2.79. The van der Waals surface area contributed by atoms with Crippen molar-refractivity contribution in [2.45, 2.75) is 10.9 Å². The maximum absolute atomic E-state index is 10.9. The number of nitrogens with zero attached hydrogens (tertiary/aromatic N) is 3. The molecule has 0 atom stereocenters. The number of H-pyrrole nitrogens is 1. The standard InChI is InChI=1S/C9H8N4O2S/c14-8(15)7-4-2-1-3-6(7)5-16-9-10-12-13-11-9/h1-4H,5H2,(H,14,15)(H,10,11,12,13). The van der Waals surface area contributed by atoms with Crippen LogP contribution < -0.4 is 0 Å². The number of aromatic carboxylic acids is 1. The Morgan fingerprint density at radius 3 is 2.94 bits per heavy atom. The van der Waals surface area contributed by atoms with Crippen LogP contribution in [0.3, 0.4) is 0 Å². The van der Waals surface area contributed by atoms with Crippen molar-refractivity contribution in [2.24, 2.45) is 0 Å². The largest absolute Gasteiger partial charge is 0.478 e. The highest BCUT2D eigenvalue weighted by atomic mass is 32.2. The lowest BCUT2D eigenvalue weighted by molar-refractivity contribution is 0.0696. The Labute approximate surface area is 95.1 Å². The minimum Gasteiger partial charge on any atom is -0.478 e. The van der Waals surface area contributed by atoms with Crippen LogP contribution in [0.5, 0.6) is 0 Å². The zero-order valence-electron chi connectivity index (χ0n) is 8.12. The van der Waals surface area contributed by atoms with E-state index >= 15 is 0 Å². The Kier molecular flexibility index (Phi) is 3.16. The molecular formula is C9H8N4O2S. The molecule has 0 aliphatic rings. The highest BCUT2D eigenvalue weighted by molar-refractivity contribution is 7.98. The third-order valence-corrected chi connectivity index (χ3v) is 2.82. The van der Waals surface area contributed by atoms with E-state index in [-0.39, 0.29) is 0 Å². The number of benzene rings is 1. The summed E-state index contributed by atoms with van der Waals surface area (Å²) in [6.45, 7) is 0. The zero-order chi connectivity index (χ0) is 11.4. The summed E-state index contributed by atoms with van der Waals surface area (Å²) in [5.74, 6) is -0.425. The molecule has 0 amide bonds. The van der Waals surface area contributed by atoms with Crippen LogP contribution >= 0.6 is 11.8 Å². The fraction of sp³-hybridized carbons (Fsp3) is 0.111. The van der Waals surface area contributed by atoms with Gasteiger partial charge in [0.2, 0.25) is 5.16 Å². The number of carboxylic acids is 1. The molecule has 6 nitrogen and oxygen atoms in total. The van der Waals surface area contributed by atoms with Crippen LogP contribution in [0.1, 0.15) is 15.9 Å². The molecule has 7 heteroatoms. The number of aromatic nitrogens is 4. The molecule has 0 saturated heterocycles. The van der Waals surface area contributed by atoms with E-state index < -0.39 is 5.97 Å². The van der Waals surface area contributed by atoms with E-state index in [2.05, 4.69) is 20.6 Å². The van der Waals surface area contributed by atoms with E-state index in [1.807, 2.05) is 0 Å². The van der Waals surface area contributed by atoms with Crippen molar-refractivity contribution in [2.75, 3.05) is 0 Å². The van der Waals surface area contributed by atoms with E-state index in [1.54, 1.807) is 24.3 Å². The van der Waals surface area contributed by atoms with Gasteiger partial charge >= 0.3 is 5.97 Å². The lowest BCUT2D eigenvalue weighted by atomic mass is 10.1. The van der Waals surface area contributed by atoms with Crippen LogP contribution in [-0.2, 0) is 5.75 Å². The maximum Gasteiger partial charge on any atom is 0.335 e. The van der Waals surface area contributed by atoms with Crippen LogP contribution in [0.15, 0.2) is 29.4 Å². The molecular weight excluding hydrogens is 228 g/mol. The predicted molar refractivity (Wildman–Crippen MR) is 57.1 cm³/mol. The van der Waals surface area contributed by atoms with Gasteiger partial charge in [0.15, 0.2) is 0 Å². The summed E-state index contributed by atoms with van der Waals surface area (Å²) in [5, 5.41) is 22.8. The van der Waals surface area contributed by atoms with Crippen molar-refractivity contribution in [1.82, 2.24) is 20.6 Å². The first-order valence-electron chi connectivity index (χ1n) is 4.45. The van der Waals surface area contributed by atoms with Crippen molar-refractivity contribution < 1.29 is 9.90 Å². The van der Waals surface area contributed by atoms with Crippen molar-refractivity contribution in [3.05, 3.63) is 35.4 Å². The number of tetrazole rings is 1. The molecule has 0 aliphatic heterocycles. The van der Waals surface area contributed by atoms with Crippen LogP contribution in [0.4, 0.5) is 0 Å². The number of carbonyl (C=O) groups is 1. The Bertz CT molecular complexity index is 486. The highest BCUT2D eigenvalue weighted by Gasteiger charge is 2.09. The van der Waals surface area contributed by atoms with Gasteiger partial charge in [0.05, 0.1) is 5.56 Å². The molecule has 1 aromatic heterocycles. The summed E-state index contributed by atoms with van der Waals surface area (Å²) in [6, 6.07) is 6.86. The van der Waals surface area contributed by atoms with E-state index in [1.165, 1.54) is 11.8 Å². The Morgan fingerprint density at radius 1 is 1.44 bits per heavy atom. The second kappa shape index (κ2) is 4.75. The topological polar surface area (TPSA) is 91.8 Å². The van der Waals surface area contributed by atoms with Crippen molar-refractivity contribution in [3.63, 3.8) is 0 Å². The Hall–Kier alpha value is -1.89. The second-order valence-corrected chi connectivity index (χ2v) is 3.89. The van der Waals surface area contributed by atoms with E-state index in [0.29, 0.717) is 16.5 Å². The molecule has 0 aliphatic carbocycles. The first-order valence-corrected chi connectivity index (χ1v) is 5.43. The minimum atomic E-state index is -0.927. The summed E-state index contributed by atoms with van der Waals surface area (Å²) in [4.78, 5) is 10.9. The van der Waals surface area contributed by atoms with Crippen molar-refractivity contribution in [1.29, 1.82) is 0 Å². The first-order chi connectivity index (χ1) is 7.77. The maximum atomic E-state index is 10.9. The lowest BCUT2D eigenvalue weighted by Crippen LogP contribution is -2.00. The minimum absolute atomic E-state index is 0.304. The SMILES string of the molecule is O=C(O)c1ccccc1CSc1nn[nH]n1. The third kappa shape index (κ3) is 2.37. The summed E-state index contributed by atoms with van der Waals surface area (Å²) < 4.78 is 0. The number of carboxylic acid groups (broad SMARTS) is 1. The molecule has 0 spiro atoms. The average molecular weight is 236 g/mol. The number of nitrogens with one attached hydrogen (secondary N) is 1. The monoisotopic (exact) mass is 236 g/mol. The summed E-state index contributed by atoms with van der Waals surface area (Å²) in [5.41, 5.74) is 1.04. The van der Waals surface area contributed by atoms with Crippen LogP contribution in [0.2, 0.25) is 0 Å². The molecule has 16 heavy (non-hydrogen) atoms. The van der Waals surface area contributed by atoms with Crippen LogP contribution in [-0.4, -0.2) is 31.7 Å². The van der Waals surface area contributed by atoms with Gasteiger partial charge in [-0.25, -0.2) is 4.79 Å². The molecule has 1 aromatic carbocycles. The third-order valence-electron chi connectivity index (χ3n) is 1.93. The number of rotatable bonds is 4. The molecule has 0 bridgehead atoms. The number of aromatic amines is 1. The van der Waals surface area contributed by atoms with Gasteiger partial charge in [-0.1, -0.05) is 30.0 Å². The molecule has 2 aromatic rings. The molecule has 0 fully saturated rings. The van der Waals surface area contributed by atoms with Gasteiger partial charge in [0.25, 0.3) is 0 Å². The molecule has 0 saturated carbocycles. The second-order valence-electron chi connectivity index (χ2n) is 2.95. The van der Waals surface area contributed by atoms with Gasteiger partial charge in [-0.2, -0.15) is 5.21 Å². The number of hydrogen-bond acceptors (Lipinski definition) is 5. The molecule has 82 valence electrons. The smallest absolute Gasteiger partial charge is 0.335 e. The van der Waals surface area contributed by atoms with Gasteiger partial charge in [-0.05, 0) is 16.8 Å². The Balaban J connectivity index is 2.12. The molecule has 0 unspecified atom stereocenters. The lowest BCUT2D eigenvalue weighted by Gasteiger charge is -2.02. The molecule has 2 rings (SSSR count). The van der Waals surface area contributed by atoms with Crippen LogP contribution in [0, 0.1) is 0 Å². The molecule has 2 N–H and O–H groups in total. The first kappa shape index (κ1) is 10.6. The predicted octanol–water partition coefficient (Wildman–Crippen LogP) is 1.19. The highest BCUT2D eigenvalue weighted by Crippen LogP contribution is 2.20. The van der Waals surface area contributed by atoms with Gasteiger partial charge in [-0.3, -0.25) is 0 Å². The van der Waals surface area contributed by atoms with Gasteiger partial charge in [0.1, 0.15) is 0 Å². The van der Waals surface area contributed by atoms with Crippen molar-refractivity contribution in [3.8, 4) is 0 Å². The van der Waals surface area contributed by atoms with E-state index in [0.717, 1.165) is 5.56 Å². The van der Waals surface area contributed by atoms with Gasteiger partial charge in [-0.15, -0.1) is 10.2 Å². The van der Waals surface area contributed by atoms with Crippen molar-refractivity contribution >= 4 is 17.7 Å². The molecule has 0 radical (unpaired) electrons. The van der Waals surface area contributed by atoms with Crippen LogP contribution in [0.25, 0.3) is 0 Å².